The van der Waals surface area contributed by atoms with E-state index in [4.69, 9.17) is 9.47 Å². The van der Waals surface area contributed by atoms with Crippen molar-refractivity contribution < 1.29 is 14.3 Å². The molecule has 2 atom stereocenters. The van der Waals surface area contributed by atoms with Gasteiger partial charge in [0.15, 0.2) is 0 Å². The van der Waals surface area contributed by atoms with Gasteiger partial charge >= 0.3 is 0 Å². The van der Waals surface area contributed by atoms with Crippen LogP contribution in [0, 0.1) is 5.92 Å². The Hall–Kier alpha value is -2.40. The predicted molar refractivity (Wildman–Crippen MR) is 95.7 cm³/mol. The van der Waals surface area contributed by atoms with Gasteiger partial charge in [-0.3, -0.25) is 9.78 Å². The molecule has 1 aliphatic heterocycles. The highest BCUT2D eigenvalue weighted by Gasteiger charge is 2.30. The minimum Gasteiger partial charge on any atom is -0.493 e. The molecule has 5 nitrogen and oxygen atoms in total. The second kappa shape index (κ2) is 8.62. The van der Waals surface area contributed by atoms with Crippen LogP contribution in [0.4, 0.5) is 0 Å². The van der Waals surface area contributed by atoms with Crippen LogP contribution in [0.5, 0.6) is 5.75 Å². The SMILES string of the molecule is CCCOc1ccccc1C(=O)N[C@H]1COC[C@H]1Cc1ccncc1. The molecule has 1 N–H and O–H groups in total. The molecule has 0 saturated carbocycles. The Morgan fingerprint density at radius 1 is 1.24 bits per heavy atom. The van der Waals surface area contributed by atoms with E-state index in [2.05, 4.69) is 10.3 Å². The number of para-hydroxylation sites is 1. The Morgan fingerprint density at radius 2 is 2.04 bits per heavy atom. The second-order valence-corrected chi connectivity index (χ2v) is 6.28. The second-order valence-electron chi connectivity index (χ2n) is 6.28. The van der Waals surface area contributed by atoms with Crippen molar-refractivity contribution in [2.24, 2.45) is 5.92 Å². The third kappa shape index (κ3) is 4.57. The summed E-state index contributed by atoms with van der Waals surface area (Å²) in [6.45, 7) is 3.84. The number of rotatable bonds is 7. The van der Waals surface area contributed by atoms with Gasteiger partial charge in [-0.15, -0.1) is 0 Å². The summed E-state index contributed by atoms with van der Waals surface area (Å²) in [5.41, 5.74) is 1.78. The number of benzene rings is 1. The van der Waals surface area contributed by atoms with Crippen LogP contribution in [-0.2, 0) is 11.2 Å². The van der Waals surface area contributed by atoms with Gasteiger partial charge in [0.2, 0.25) is 0 Å². The third-order valence-corrected chi connectivity index (χ3v) is 4.36. The van der Waals surface area contributed by atoms with Crippen molar-refractivity contribution in [2.45, 2.75) is 25.8 Å². The van der Waals surface area contributed by atoms with Crippen molar-refractivity contribution in [1.29, 1.82) is 0 Å². The summed E-state index contributed by atoms with van der Waals surface area (Å²) < 4.78 is 11.3. The zero-order valence-electron chi connectivity index (χ0n) is 14.5. The van der Waals surface area contributed by atoms with Crippen molar-refractivity contribution in [1.82, 2.24) is 10.3 Å². The van der Waals surface area contributed by atoms with Crippen LogP contribution in [0.2, 0.25) is 0 Å². The van der Waals surface area contributed by atoms with Gasteiger partial charge in [0, 0.05) is 18.3 Å². The van der Waals surface area contributed by atoms with Gasteiger partial charge in [-0.1, -0.05) is 19.1 Å². The highest BCUT2D eigenvalue weighted by molar-refractivity contribution is 5.97. The smallest absolute Gasteiger partial charge is 0.255 e. The topological polar surface area (TPSA) is 60.5 Å². The third-order valence-electron chi connectivity index (χ3n) is 4.36. The molecule has 1 amide bonds. The van der Waals surface area contributed by atoms with Crippen molar-refractivity contribution >= 4 is 5.91 Å². The molecule has 1 aromatic heterocycles. The fraction of sp³-hybridized carbons (Fsp3) is 0.400. The number of carbonyl (C=O) groups excluding carboxylic acids is 1. The number of hydrogen-bond acceptors (Lipinski definition) is 4. The van der Waals surface area contributed by atoms with E-state index in [1.165, 1.54) is 5.56 Å². The van der Waals surface area contributed by atoms with E-state index < -0.39 is 0 Å². The molecular weight excluding hydrogens is 316 g/mol. The normalized spacial score (nSPS) is 19.6. The number of aromatic nitrogens is 1. The molecule has 132 valence electrons. The van der Waals surface area contributed by atoms with Crippen molar-refractivity contribution in [3.8, 4) is 5.75 Å². The number of hydrogen-bond donors (Lipinski definition) is 1. The average molecular weight is 340 g/mol. The number of ether oxygens (including phenoxy) is 2. The van der Waals surface area contributed by atoms with Crippen LogP contribution in [0.1, 0.15) is 29.3 Å². The van der Waals surface area contributed by atoms with Crippen LogP contribution >= 0.6 is 0 Å². The van der Waals surface area contributed by atoms with Crippen LogP contribution in [-0.4, -0.2) is 36.8 Å². The molecule has 0 unspecified atom stereocenters. The average Bonchev–Trinajstić information content (AvgIpc) is 3.07. The summed E-state index contributed by atoms with van der Waals surface area (Å²) in [5, 5.41) is 3.12. The summed E-state index contributed by atoms with van der Waals surface area (Å²) in [7, 11) is 0. The van der Waals surface area contributed by atoms with Crippen molar-refractivity contribution in [2.75, 3.05) is 19.8 Å². The van der Waals surface area contributed by atoms with Crippen LogP contribution in [0.3, 0.4) is 0 Å². The monoisotopic (exact) mass is 340 g/mol. The molecule has 1 aromatic carbocycles. The Balaban J connectivity index is 1.66. The molecule has 1 saturated heterocycles. The fourth-order valence-electron chi connectivity index (χ4n) is 3.02. The van der Waals surface area contributed by atoms with Gasteiger partial charge in [-0.05, 0) is 42.7 Å². The first-order valence-electron chi connectivity index (χ1n) is 8.77. The Labute approximate surface area is 148 Å². The van der Waals surface area contributed by atoms with Gasteiger partial charge < -0.3 is 14.8 Å². The molecule has 3 rings (SSSR count). The largest absolute Gasteiger partial charge is 0.493 e. The van der Waals surface area contributed by atoms with Crippen LogP contribution in [0.25, 0.3) is 0 Å². The van der Waals surface area contributed by atoms with Crippen molar-refractivity contribution in [3.63, 3.8) is 0 Å². The van der Waals surface area contributed by atoms with Crippen LogP contribution < -0.4 is 10.1 Å². The standard InChI is InChI=1S/C20H24N2O3/c1-2-11-25-19-6-4-3-5-17(19)20(23)22-18-14-24-13-16(18)12-15-7-9-21-10-8-15/h3-10,16,18H,2,11-14H2,1H3,(H,22,23)/t16-,18+/m1/s1. The lowest BCUT2D eigenvalue weighted by Crippen LogP contribution is -2.40. The van der Waals surface area contributed by atoms with Gasteiger partial charge in [-0.2, -0.15) is 0 Å². The minimum absolute atomic E-state index is 0.0000958. The maximum atomic E-state index is 12.7. The zero-order valence-corrected chi connectivity index (χ0v) is 14.5. The molecule has 0 spiro atoms. The first-order valence-corrected chi connectivity index (χ1v) is 8.77. The summed E-state index contributed by atoms with van der Waals surface area (Å²) >= 11 is 0. The number of nitrogens with one attached hydrogen (secondary N) is 1. The molecule has 0 bridgehead atoms. The van der Waals surface area contributed by atoms with E-state index in [0.717, 1.165) is 12.8 Å². The number of nitrogens with zero attached hydrogens (tertiary/aromatic N) is 1. The van der Waals surface area contributed by atoms with Gasteiger partial charge in [-0.25, -0.2) is 0 Å². The molecule has 0 aliphatic carbocycles. The number of pyridine rings is 1. The van der Waals surface area contributed by atoms with E-state index in [0.29, 0.717) is 31.1 Å². The lowest BCUT2D eigenvalue weighted by molar-refractivity contribution is 0.0921. The quantitative estimate of drug-likeness (QED) is 0.842. The summed E-state index contributed by atoms with van der Waals surface area (Å²) in [4.78, 5) is 16.8. The van der Waals surface area contributed by atoms with E-state index in [-0.39, 0.29) is 17.9 Å². The molecule has 25 heavy (non-hydrogen) atoms. The Morgan fingerprint density at radius 3 is 2.84 bits per heavy atom. The molecule has 1 fully saturated rings. The highest BCUT2D eigenvalue weighted by Crippen LogP contribution is 2.22. The Kier molecular flexibility index (Phi) is 6.01. The summed E-state index contributed by atoms with van der Waals surface area (Å²) in [5.74, 6) is 0.781. The molecule has 1 aliphatic rings. The highest BCUT2D eigenvalue weighted by atomic mass is 16.5. The molecule has 5 heteroatoms. The zero-order chi connectivity index (χ0) is 17.5. The maximum Gasteiger partial charge on any atom is 0.255 e. The minimum atomic E-state index is -0.109. The first-order chi connectivity index (χ1) is 12.3. The van der Waals surface area contributed by atoms with Gasteiger partial charge in [0.25, 0.3) is 5.91 Å². The lowest BCUT2D eigenvalue weighted by atomic mass is 9.95. The maximum absolute atomic E-state index is 12.7. The van der Waals surface area contributed by atoms with E-state index in [9.17, 15) is 4.79 Å². The molecular formula is C20H24N2O3. The van der Waals surface area contributed by atoms with E-state index in [1.54, 1.807) is 18.5 Å². The summed E-state index contributed by atoms with van der Waals surface area (Å²) in [6.07, 6.45) is 5.35. The Bertz CT molecular complexity index is 690. The van der Waals surface area contributed by atoms with Crippen LogP contribution in [0.15, 0.2) is 48.8 Å². The number of amides is 1. The molecule has 2 aromatic rings. The van der Waals surface area contributed by atoms with E-state index >= 15 is 0 Å². The molecule has 2 heterocycles. The van der Waals surface area contributed by atoms with Gasteiger partial charge in [0.05, 0.1) is 31.4 Å². The number of carbonyl (C=O) groups is 1. The fourth-order valence-corrected chi connectivity index (χ4v) is 3.02. The van der Waals surface area contributed by atoms with Crippen molar-refractivity contribution in [3.05, 3.63) is 59.9 Å². The predicted octanol–water partition coefficient (Wildman–Crippen LogP) is 2.86. The van der Waals surface area contributed by atoms with E-state index in [1.807, 2.05) is 37.3 Å². The first kappa shape index (κ1) is 17.4. The summed E-state index contributed by atoms with van der Waals surface area (Å²) in [6, 6.07) is 11.4. The lowest BCUT2D eigenvalue weighted by Gasteiger charge is -2.20. The van der Waals surface area contributed by atoms with Gasteiger partial charge in [0.1, 0.15) is 5.75 Å². The molecule has 0 radical (unpaired) electrons.